The summed E-state index contributed by atoms with van der Waals surface area (Å²) in [6, 6.07) is 14.3. The van der Waals surface area contributed by atoms with Crippen LogP contribution in [-0.2, 0) is 16.1 Å². The van der Waals surface area contributed by atoms with E-state index in [1.165, 1.54) is 11.3 Å². The first-order valence-electron chi connectivity index (χ1n) is 12.1. The van der Waals surface area contributed by atoms with Gasteiger partial charge in [0.05, 0.1) is 18.9 Å². The Hall–Kier alpha value is -2.94. The number of aliphatic hydroxyl groups is 1. The lowest BCUT2D eigenvalue weighted by Gasteiger charge is -2.35. The van der Waals surface area contributed by atoms with Gasteiger partial charge in [-0.25, -0.2) is 5.43 Å². The highest BCUT2D eigenvalue weighted by Gasteiger charge is 2.50. The second-order valence-electron chi connectivity index (χ2n) is 9.89. The summed E-state index contributed by atoms with van der Waals surface area (Å²) in [5.74, 6) is 0.370. The zero-order chi connectivity index (χ0) is 23.3. The fraction of sp³-hybridized carbons (Fsp3) is 0.462. The third-order valence-electron chi connectivity index (χ3n) is 7.43. The Kier molecular flexibility index (Phi) is 5.32. The van der Waals surface area contributed by atoms with Crippen molar-refractivity contribution in [2.24, 2.45) is 5.92 Å². The average molecular weight is 463 g/mol. The molecule has 2 N–H and O–H groups in total. The van der Waals surface area contributed by atoms with Crippen molar-refractivity contribution in [1.29, 1.82) is 0 Å². The van der Waals surface area contributed by atoms with Gasteiger partial charge < -0.3 is 24.7 Å². The molecular formula is C26H30N4O4. The average Bonchev–Trinajstić information content (AvgIpc) is 3.48. The van der Waals surface area contributed by atoms with E-state index in [1.54, 1.807) is 9.80 Å². The van der Waals surface area contributed by atoms with Gasteiger partial charge >= 0.3 is 0 Å². The molecule has 2 aromatic carbocycles. The molecule has 0 atom stereocenters. The van der Waals surface area contributed by atoms with Crippen molar-refractivity contribution in [1.82, 2.24) is 15.2 Å². The first kappa shape index (κ1) is 21.6. The summed E-state index contributed by atoms with van der Waals surface area (Å²) in [6.07, 6.45) is 1.09. The topological polar surface area (TPSA) is 85.4 Å². The number of nitrogens with zero attached hydrogens (tertiary/aromatic N) is 3. The van der Waals surface area contributed by atoms with E-state index in [9.17, 15) is 14.7 Å². The van der Waals surface area contributed by atoms with Crippen molar-refractivity contribution in [3.8, 4) is 11.1 Å². The standard InChI is InChI=1S/C26H30N4O4/c31-24(28-9-11-29(12-10-28)25(32)26(33)7-8-26)20-3-1-19(2-4-20)21-5-6-22-14-27-30(23(22)13-21)15-18-16-34-17-18/h1-6,13,18,27,33H,7-12,14-17H2. The van der Waals surface area contributed by atoms with Crippen LogP contribution in [-0.4, -0.2) is 78.3 Å². The lowest BCUT2D eigenvalue weighted by atomic mass is 10.0. The highest BCUT2D eigenvalue weighted by Crippen LogP contribution is 2.37. The number of fused-ring (bicyclic) bond motifs is 1. The summed E-state index contributed by atoms with van der Waals surface area (Å²) < 4.78 is 5.32. The van der Waals surface area contributed by atoms with Crippen LogP contribution in [0, 0.1) is 5.92 Å². The highest BCUT2D eigenvalue weighted by molar-refractivity contribution is 5.95. The normalized spacial score (nSPS) is 21.3. The number of hydrogen-bond donors (Lipinski definition) is 2. The molecule has 0 unspecified atom stereocenters. The first-order chi connectivity index (χ1) is 16.5. The number of carbonyl (C=O) groups is 2. The number of amides is 2. The molecule has 0 radical (unpaired) electrons. The number of anilines is 1. The number of rotatable bonds is 5. The minimum atomic E-state index is -1.14. The van der Waals surface area contributed by atoms with E-state index < -0.39 is 5.60 Å². The summed E-state index contributed by atoms with van der Waals surface area (Å²) in [5.41, 5.74) is 7.69. The van der Waals surface area contributed by atoms with Gasteiger partial charge in [-0.15, -0.1) is 0 Å². The first-order valence-corrected chi connectivity index (χ1v) is 12.1. The minimum Gasteiger partial charge on any atom is -0.381 e. The molecule has 8 nitrogen and oxygen atoms in total. The maximum atomic E-state index is 13.0. The lowest BCUT2D eigenvalue weighted by Crippen LogP contribution is -2.53. The van der Waals surface area contributed by atoms with Crippen LogP contribution in [0.15, 0.2) is 42.5 Å². The largest absolute Gasteiger partial charge is 0.381 e. The van der Waals surface area contributed by atoms with E-state index in [0.29, 0.717) is 50.5 Å². The van der Waals surface area contributed by atoms with Crippen LogP contribution in [0.4, 0.5) is 5.69 Å². The Bertz CT molecular complexity index is 1100. The summed E-state index contributed by atoms with van der Waals surface area (Å²) in [7, 11) is 0. The van der Waals surface area contributed by atoms with E-state index in [2.05, 4.69) is 28.6 Å². The lowest BCUT2D eigenvalue weighted by molar-refractivity contribution is -0.143. The zero-order valence-electron chi connectivity index (χ0n) is 19.2. The van der Waals surface area contributed by atoms with Gasteiger partial charge in [0.25, 0.3) is 11.8 Å². The van der Waals surface area contributed by atoms with Crippen LogP contribution < -0.4 is 10.4 Å². The Morgan fingerprint density at radius 3 is 2.29 bits per heavy atom. The van der Waals surface area contributed by atoms with Gasteiger partial charge in [-0.05, 0) is 47.7 Å². The third kappa shape index (κ3) is 3.96. The molecule has 3 heterocycles. The van der Waals surface area contributed by atoms with E-state index in [-0.39, 0.29) is 11.8 Å². The molecule has 2 amide bonds. The Balaban J connectivity index is 1.10. The Morgan fingerprint density at radius 1 is 0.971 bits per heavy atom. The van der Waals surface area contributed by atoms with Crippen molar-refractivity contribution in [3.05, 3.63) is 53.6 Å². The van der Waals surface area contributed by atoms with Crippen LogP contribution in [0.2, 0.25) is 0 Å². The molecule has 6 rings (SSSR count). The maximum absolute atomic E-state index is 13.0. The molecule has 1 saturated carbocycles. The second-order valence-corrected chi connectivity index (χ2v) is 9.89. The molecule has 8 heteroatoms. The van der Waals surface area contributed by atoms with E-state index in [0.717, 1.165) is 37.4 Å². The number of carbonyl (C=O) groups excluding carboxylic acids is 2. The van der Waals surface area contributed by atoms with Gasteiger partial charge in [0.15, 0.2) is 0 Å². The van der Waals surface area contributed by atoms with Crippen molar-refractivity contribution in [2.75, 3.05) is 50.9 Å². The van der Waals surface area contributed by atoms with E-state index in [4.69, 9.17) is 4.74 Å². The predicted molar refractivity (Wildman–Crippen MR) is 127 cm³/mol. The van der Waals surface area contributed by atoms with Gasteiger partial charge in [0.2, 0.25) is 0 Å². The van der Waals surface area contributed by atoms with Crippen LogP contribution in [0.3, 0.4) is 0 Å². The number of hydrogen-bond acceptors (Lipinski definition) is 6. The van der Waals surface area contributed by atoms with Gasteiger partial charge in [-0.1, -0.05) is 24.3 Å². The van der Waals surface area contributed by atoms with E-state index >= 15 is 0 Å². The van der Waals surface area contributed by atoms with Gasteiger partial charge in [-0.2, -0.15) is 0 Å². The zero-order valence-corrected chi connectivity index (χ0v) is 19.2. The Labute approximate surface area is 199 Å². The van der Waals surface area contributed by atoms with Crippen LogP contribution in [0.1, 0.15) is 28.8 Å². The van der Waals surface area contributed by atoms with Crippen molar-refractivity contribution in [2.45, 2.75) is 25.0 Å². The molecule has 2 aromatic rings. The fourth-order valence-corrected chi connectivity index (χ4v) is 4.95. The van der Waals surface area contributed by atoms with Crippen LogP contribution in [0.5, 0.6) is 0 Å². The summed E-state index contributed by atoms with van der Waals surface area (Å²) in [6.45, 7) is 5.36. The highest BCUT2D eigenvalue weighted by atomic mass is 16.5. The molecule has 1 aliphatic carbocycles. The molecule has 3 fully saturated rings. The fourth-order valence-electron chi connectivity index (χ4n) is 4.95. The molecule has 0 bridgehead atoms. The summed E-state index contributed by atoms with van der Waals surface area (Å²) >= 11 is 0. The molecule has 3 aliphatic heterocycles. The van der Waals surface area contributed by atoms with Crippen molar-refractivity contribution >= 4 is 17.5 Å². The number of piperazine rings is 1. The van der Waals surface area contributed by atoms with Gasteiger partial charge in [0.1, 0.15) is 5.60 Å². The minimum absolute atomic E-state index is 0.0178. The summed E-state index contributed by atoms with van der Waals surface area (Å²) in [4.78, 5) is 28.8. The van der Waals surface area contributed by atoms with Crippen molar-refractivity contribution < 1.29 is 19.4 Å². The molecule has 4 aliphatic rings. The number of benzene rings is 2. The van der Waals surface area contributed by atoms with Crippen molar-refractivity contribution in [3.63, 3.8) is 0 Å². The SMILES string of the molecule is O=C(c1ccc(-c2ccc3c(c2)N(CC2COC2)NC3)cc1)N1CCN(C(=O)C2(O)CC2)CC1. The quantitative estimate of drug-likeness (QED) is 0.703. The maximum Gasteiger partial charge on any atom is 0.254 e. The molecule has 2 saturated heterocycles. The predicted octanol–water partition coefficient (Wildman–Crippen LogP) is 1.63. The van der Waals surface area contributed by atoms with Gasteiger partial charge in [-0.3, -0.25) is 9.59 Å². The molecule has 0 aromatic heterocycles. The van der Waals surface area contributed by atoms with E-state index in [1.807, 2.05) is 24.3 Å². The smallest absolute Gasteiger partial charge is 0.254 e. The number of ether oxygens (including phenoxy) is 1. The monoisotopic (exact) mass is 462 g/mol. The Morgan fingerprint density at radius 2 is 1.65 bits per heavy atom. The van der Waals surface area contributed by atoms with Gasteiger partial charge in [0, 0.05) is 50.7 Å². The number of nitrogens with one attached hydrogen (secondary N) is 1. The number of hydrazine groups is 1. The molecule has 0 spiro atoms. The molecule has 178 valence electrons. The van der Waals surface area contributed by atoms with Crippen LogP contribution >= 0.6 is 0 Å². The molecular weight excluding hydrogens is 432 g/mol. The third-order valence-corrected chi connectivity index (χ3v) is 7.43. The molecule has 34 heavy (non-hydrogen) atoms. The van der Waals surface area contributed by atoms with Crippen LogP contribution in [0.25, 0.3) is 11.1 Å². The summed E-state index contributed by atoms with van der Waals surface area (Å²) in [5, 5.41) is 12.3. The second kappa shape index (κ2) is 8.37.